The summed E-state index contributed by atoms with van der Waals surface area (Å²) in [5.74, 6) is -0.367. The number of hydrogen-bond acceptors (Lipinski definition) is 5. The number of carboxylic acid groups (broad SMARTS) is 1. The summed E-state index contributed by atoms with van der Waals surface area (Å²) < 4.78 is 7.74. The van der Waals surface area contributed by atoms with E-state index < -0.39 is 5.97 Å². The Balaban J connectivity index is 1.42. The predicted octanol–water partition coefficient (Wildman–Crippen LogP) is 9.72. The highest BCUT2D eigenvalue weighted by molar-refractivity contribution is 7.18. The van der Waals surface area contributed by atoms with E-state index in [0.29, 0.717) is 0 Å². The highest BCUT2D eigenvalue weighted by Gasteiger charge is 2.15. The average molecular weight is 589 g/mol. The molecule has 0 amide bonds. The molecule has 0 aliphatic rings. The van der Waals surface area contributed by atoms with Gasteiger partial charge in [0, 0.05) is 47.9 Å². The fraction of sp³-hybridized carbons (Fsp3) is 0.143. The third-order valence-electron chi connectivity index (χ3n) is 7.41. The number of unbranched alkanes of at least 4 members (excludes halogenated alkanes) is 1. The van der Waals surface area contributed by atoms with Gasteiger partial charge < -0.3 is 14.4 Å². The topological polar surface area (TPSA) is 75.2 Å². The number of aryl methyl sites for hydroxylation is 1. The van der Waals surface area contributed by atoms with E-state index in [1.54, 1.807) is 24.5 Å². The molecule has 3 aromatic carbocycles. The Bertz CT molecular complexity index is 2000. The number of benzene rings is 3. The molecule has 0 spiro atoms. The quantitative estimate of drug-likeness (QED) is 0.135. The monoisotopic (exact) mass is 588 g/mol. The summed E-state index contributed by atoms with van der Waals surface area (Å²) in [7, 11) is 1.68. The predicted molar refractivity (Wildman–Crippen MR) is 174 cm³/mol. The Morgan fingerprint density at radius 1 is 0.857 bits per heavy atom. The Morgan fingerprint density at radius 2 is 1.43 bits per heavy atom. The summed E-state index contributed by atoms with van der Waals surface area (Å²) in [5, 5.41) is 20.8. The number of carboxylic acids is 1. The molecule has 0 saturated heterocycles. The number of carbonyl (C=O) groups is 1. The summed E-state index contributed by atoms with van der Waals surface area (Å²) in [4.78, 5) is 15.5. The van der Waals surface area contributed by atoms with Crippen molar-refractivity contribution >= 4 is 56.5 Å². The smallest absolute Gasteiger partial charge is 0.346 e. The Hall–Kier alpha value is -4.64. The summed E-state index contributed by atoms with van der Waals surface area (Å²) in [6.45, 7) is 3.17. The molecular formula is C35H28N2O3S2. The maximum absolute atomic E-state index is 11.3. The number of nitrogens with zero attached hydrogens (tertiary/aromatic N) is 2. The lowest BCUT2D eigenvalue weighted by molar-refractivity contribution is -0.132. The molecule has 208 valence electrons. The van der Waals surface area contributed by atoms with Crippen molar-refractivity contribution in [3.8, 4) is 43.1 Å². The van der Waals surface area contributed by atoms with Gasteiger partial charge in [0.05, 0.1) is 7.11 Å². The molecule has 3 aromatic heterocycles. The van der Waals surface area contributed by atoms with Gasteiger partial charge >= 0.3 is 5.97 Å². The van der Waals surface area contributed by atoms with Crippen LogP contribution in [0.2, 0.25) is 0 Å². The number of fused-ring (bicyclic) bond motifs is 3. The van der Waals surface area contributed by atoms with Crippen LogP contribution in [-0.2, 0) is 11.3 Å². The van der Waals surface area contributed by atoms with Crippen LogP contribution in [-0.4, -0.2) is 22.8 Å². The van der Waals surface area contributed by atoms with Gasteiger partial charge in [-0.25, -0.2) is 4.79 Å². The van der Waals surface area contributed by atoms with Crippen molar-refractivity contribution in [2.45, 2.75) is 26.3 Å². The molecule has 0 saturated carbocycles. The molecule has 42 heavy (non-hydrogen) atoms. The lowest BCUT2D eigenvalue weighted by Crippen LogP contribution is -1.96. The Kier molecular flexibility index (Phi) is 7.66. The number of aliphatic carboxylic acids is 1. The Morgan fingerprint density at radius 3 is 2.00 bits per heavy atom. The van der Waals surface area contributed by atoms with Crippen LogP contribution in [0.1, 0.15) is 24.6 Å². The van der Waals surface area contributed by atoms with E-state index in [1.165, 1.54) is 60.1 Å². The number of aromatic nitrogens is 1. The van der Waals surface area contributed by atoms with Crippen LogP contribution in [0.3, 0.4) is 0 Å². The molecule has 7 heteroatoms. The third kappa shape index (κ3) is 5.23. The maximum atomic E-state index is 11.3. The van der Waals surface area contributed by atoms with Gasteiger partial charge in [-0.1, -0.05) is 25.5 Å². The number of ether oxygens (including phenoxy) is 1. The van der Waals surface area contributed by atoms with Crippen LogP contribution < -0.4 is 4.74 Å². The highest BCUT2D eigenvalue weighted by Crippen LogP contribution is 2.40. The minimum Gasteiger partial charge on any atom is -0.497 e. The van der Waals surface area contributed by atoms with E-state index >= 15 is 0 Å². The first kappa shape index (κ1) is 27.5. The van der Waals surface area contributed by atoms with Crippen LogP contribution in [0.5, 0.6) is 5.75 Å². The van der Waals surface area contributed by atoms with E-state index in [1.807, 2.05) is 24.3 Å². The molecule has 5 nitrogen and oxygen atoms in total. The number of hydrogen-bond donors (Lipinski definition) is 1. The Labute approximate surface area is 252 Å². The first-order valence-electron chi connectivity index (χ1n) is 13.7. The molecule has 0 aliphatic heterocycles. The molecule has 0 atom stereocenters. The second-order valence-electron chi connectivity index (χ2n) is 10.0. The van der Waals surface area contributed by atoms with Gasteiger partial charge in [-0.2, -0.15) is 5.26 Å². The SMILES string of the molecule is CCCCn1c2ccc(-c3ccc(/C=C(\C#N)C(=O)O)s3)cc2c2cc(-c3ccc(-c4ccc(OC)cc4)s3)ccc21. The van der Waals surface area contributed by atoms with Crippen molar-refractivity contribution in [3.63, 3.8) is 0 Å². The van der Waals surface area contributed by atoms with E-state index in [0.717, 1.165) is 40.5 Å². The molecule has 0 aliphatic carbocycles. The average Bonchev–Trinajstić information content (AvgIpc) is 3.76. The first-order chi connectivity index (χ1) is 20.5. The van der Waals surface area contributed by atoms with Crippen LogP contribution in [0.15, 0.2) is 90.5 Å². The second kappa shape index (κ2) is 11.7. The summed E-state index contributed by atoms with van der Waals surface area (Å²) in [6.07, 6.45) is 3.65. The zero-order chi connectivity index (χ0) is 29.2. The number of methoxy groups -OCH3 is 1. The zero-order valence-electron chi connectivity index (χ0n) is 23.3. The summed E-state index contributed by atoms with van der Waals surface area (Å²) in [6, 6.07) is 31.5. The molecule has 3 heterocycles. The lowest BCUT2D eigenvalue weighted by atomic mass is 10.1. The van der Waals surface area contributed by atoms with Crippen LogP contribution >= 0.6 is 22.7 Å². The van der Waals surface area contributed by atoms with Gasteiger partial charge in [0.2, 0.25) is 0 Å². The zero-order valence-corrected chi connectivity index (χ0v) is 24.9. The van der Waals surface area contributed by atoms with Gasteiger partial charge in [-0.15, -0.1) is 22.7 Å². The molecule has 6 aromatic rings. The molecule has 1 N–H and O–H groups in total. The van der Waals surface area contributed by atoms with Crippen LogP contribution in [0.4, 0.5) is 0 Å². The summed E-state index contributed by atoms with van der Waals surface area (Å²) in [5.41, 5.74) is 5.59. The van der Waals surface area contributed by atoms with E-state index in [9.17, 15) is 9.90 Å². The minimum absolute atomic E-state index is 0.269. The molecule has 0 unspecified atom stereocenters. The molecule has 0 fully saturated rings. The van der Waals surface area contributed by atoms with Gasteiger partial charge in [0.25, 0.3) is 0 Å². The van der Waals surface area contributed by atoms with Crippen molar-refractivity contribution < 1.29 is 14.6 Å². The number of rotatable bonds is 9. The highest BCUT2D eigenvalue weighted by atomic mass is 32.1. The fourth-order valence-electron chi connectivity index (χ4n) is 5.24. The van der Waals surface area contributed by atoms with Crippen molar-refractivity contribution in [2.24, 2.45) is 0 Å². The van der Waals surface area contributed by atoms with E-state index in [2.05, 4.69) is 72.2 Å². The molecule has 6 rings (SSSR count). The normalized spacial score (nSPS) is 11.7. The fourth-order valence-corrected chi connectivity index (χ4v) is 7.20. The standard InChI is InChI=1S/C35H28N2O3S2/c1-3-4-17-37-30-12-7-23(33-14-11-27(41-33)18-25(21-36)35(38)39)19-28(30)29-20-24(8-13-31(29)37)34-16-15-32(42-34)22-5-9-26(40-2)10-6-22/h5-16,18-20H,3-4,17H2,1-2H3,(H,38,39)/b25-18+. The molecule has 0 bridgehead atoms. The van der Waals surface area contributed by atoms with Crippen molar-refractivity contribution in [3.05, 3.63) is 95.4 Å². The number of thiophene rings is 2. The van der Waals surface area contributed by atoms with Gasteiger partial charge in [-0.05, 0) is 102 Å². The van der Waals surface area contributed by atoms with E-state index in [-0.39, 0.29) is 5.57 Å². The summed E-state index contributed by atoms with van der Waals surface area (Å²) >= 11 is 3.26. The van der Waals surface area contributed by atoms with Gasteiger partial charge in [0.1, 0.15) is 17.4 Å². The van der Waals surface area contributed by atoms with E-state index in [4.69, 9.17) is 10.00 Å². The van der Waals surface area contributed by atoms with Crippen molar-refractivity contribution in [2.75, 3.05) is 7.11 Å². The number of nitriles is 1. The first-order valence-corrected chi connectivity index (χ1v) is 15.4. The third-order valence-corrected chi connectivity index (χ3v) is 9.68. The second-order valence-corrected chi connectivity index (χ2v) is 12.2. The molecular weight excluding hydrogens is 561 g/mol. The van der Waals surface area contributed by atoms with Gasteiger partial charge in [0.15, 0.2) is 0 Å². The maximum Gasteiger partial charge on any atom is 0.346 e. The lowest BCUT2D eigenvalue weighted by Gasteiger charge is -2.07. The van der Waals surface area contributed by atoms with Crippen molar-refractivity contribution in [1.82, 2.24) is 4.57 Å². The van der Waals surface area contributed by atoms with Gasteiger partial charge in [-0.3, -0.25) is 0 Å². The minimum atomic E-state index is -1.22. The largest absolute Gasteiger partial charge is 0.497 e. The van der Waals surface area contributed by atoms with Crippen LogP contribution in [0.25, 0.3) is 59.2 Å². The molecule has 0 radical (unpaired) electrons. The van der Waals surface area contributed by atoms with Crippen molar-refractivity contribution in [1.29, 1.82) is 5.26 Å². The van der Waals surface area contributed by atoms with Crippen LogP contribution in [0, 0.1) is 11.3 Å².